The summed E-state index contributed by atoms with van der Waals surface area (Å²) < 4.78 is 21.6. The predicted molar refractivity (Wildman–Crippen MR) is 61.1 cm³/mol. The third-order valence-corrected chi connectivity index (χ3v) is 4.01. The Balaban J connectivity index is 2.32. The Morgan fingerprint density at radius 3 is 2.33 bits per heavy atom. The smallest absolute Gasteiger partial charge is 0.210 e. The van der Waals surface area contributed by atoms with E-state index >= 15 is 0 Å². The zero-order chi connectivity index (χ0) is 11.5. The zero-order valence-corrected chi connectivity index (χ0v) is 10.3. The molecule has 90 valence electrons. The van der Waals surface area contributed by atoms with E-state index in [-0.39, 0.29) is 11.3 Å². The Hall–Kier alpha value is -0.170. The number of piperidine rings is 1. The maximum Gasteiger partial charge on any atom is 0.210 e. The molecule has 0 saturated carbocycles. The van der Waals surface area contributed by atoms with Gasteiger partial charge >= 0.3 is 0 Å². The zero-order valence-electron chi connectivity index (χ0n) is 9.49. The SMILES string of the molecule is CNC1(C)CCN(CCS(N)(=O)=O)CC1. The van der Waals surface area contributed by atoms with Gasteiger partial charge in [-0.1, -0.05) is 0 Å². The molecule has 5 nitrogen and oxygen atoms in total. The Kier molecular flexibility index (Phi) is 4.11. The van der Waals surface area contributed by atoms with Crippen molar-refractivity contribution in [3.8, 4) is 0 Å². The molecule has 1 aliphatic heterocycles. The largest absolute Gasteiger partial charge is 0.314 e. The molecule has 15 heavy (non-hydrogen) atoms. The minimum Gasteiger partial charge on any atom is -0.314 e. The fourth-order valence-corrected chi connectivity index (χ4v) is 2.29. The van der Waals surface area contributed by atoms with Crippen molar-refractivity contribution < 1.29 is 8.42 Å². The van der Waals surface area contributed by atoms with Crippen LogP contribution in [0.1, 0.15) is 19.8 Å². The number of likely N-dealkylation sites (tertiary alicyclic amines) is 1. The summed E-state index contributed by atoms with van der Waals surface area (Å²) in [7, 11) is -1.34. The van der Waals surface area contributed by atoms with Crippen molar-refractivity contribution >= 4 is 10.0 Å². The van der Waals surface area contributed by atoms with E-state index in [9.17, 15) is 8.42 Å². The summed E-state index contributed by atoms with van der Waals surface area (Å²) in [4.78, 5) is 2.16. The Morgan fingerprint density at radius 1 is 1.40 bits per heavy atom. The van der Waals surface area contributed by atoms with E-state index in [0.29, 0.717) is 6.54 Å². The van der Waals surface area contributed by atoms with Crippen LogP contribution in [0.5, 0.6) is 0 Å². The normalized spacial score (nSPS) is 22.9. The topological polar surface area (TPSA) is 75.4 Å². The Labute approximate surface area is 92.1 Å². The number of nitrogens with zero attached hydrogens (tertiary/aromatic N) is 1. The number of rotatable bonds is 4. The monoisotopic (exact) mass is 235 g/mol. The van der Waals surface area contributed by atoms with Gasteiger partial charge in [0.25, 0.3) is 0 Å². The van der Waals surface area contributed by atoms with Crippen LogP contribution in [0.4, 0.5) is 0 Å². The maximum absolute atomic E-state index is 10.8. The second-order valence-corrected chi connectivity index (χ2v) is 6.25. The molecule has 0 aromatic carbocycles. The van der Waals surface area contributed by atoms with Gasteiger partial charge in [0.2, 0.25) is 10.0 Å². The molecule has 0 amide bonds. The molecular weight excluding hydrogens is 214 g/mol. The first kappa shape index (κ1) is 12.9. The summed E-state index contributed by atoms with van der Waals surface area (Å²) in [6, 6.07) is 0. The summed E-state index contributed by atoms with van der Waals surface area (Å²) >= 11 is 0. The van der Waals surface area contributed by atoms with Crippen molar-refractivity contribution in [3.05, 3.63) is 0 Å². The van der Waals surface area contributed by atoms with E-state index in [0.717, 1.165) is 25.9 Å². The van der Waals surface area contributed by atoms with Gasteiger partial charge in [0, 0.05) is 12.1 Å². The van der Waals surface area contributed by atoms with Gasteiger partial charge in [0.1, 0.15) is 0 Å². The highest BCUT2D eigenvalue weighted by atomic mass is 32.2. The number of nitrogens with two attached hydrogens (primary N) is 1. The van der Waals surface area contributed by atoms with Crippen LogP contribution in [0.15, 0.2) is 0 Å². The molecule has 1 fully saturated rings. The molecular formula is C9H21N3O2S. The number of hydrogen-bond acceptors (Lipinski definition) is 4. The van der Waals surface area contributed by atoms with E-state index in [1.54, 1.807) is 0 Å². The molecule has 3 N–H and O–H groups in total. The molecule has 6 heteroatoms. The lowest BCUT2D eigenvalue weighted by Gasteiger charge is -2.39. The fourth-order valence-electron chi connectivity index (χ4n) is 1.78. The molecule has 0 aromatic rings. The summed E-state index contributed by atoms with van der Waals surface area (Å²) in [5, 5.41) is 8.27. The molecule has 0 bridgehead atoms. The summed E-state index contributed by atoms with van der Waals surface area (Å²) in [6.45, 7) is 4.63. The highest BCUT2D eigenvalue weighted by Crippen LogP contribution is 2.20. The van der Waals surface area contributed by atoms with Gasteiger partial charge in [-0.15, -0.1) is 0 Å². The van der Waals surface area contributed by atoms with Gasteiger partial charge in [-0.2, -0.15) is 0 Å². The van der Waals surface area contributed by atoms with Crippen molar-refractivity contribution in [2.24, 2.45) is 5.14 Å². The fraction of sp³-hybridized carbons (Fsp3) is 1.00. The van der Waals surface area contributed by atoms with E-state index in [1.807, 2.05) is 7.05 Å². The van der Waals surface area contributed by atoms with Crippen LogP contribution in [-0.4, -0.2) is 51.3 Å². The molecule has 0 atom stereocenters. The number of nitrogens with one attached hydrogen (secondary N) is 1. The molecule has 0 spiro atoms. The van der Waals surface area contributed by atoms with E-state index in [4.69, 9.17) is 5.14 Å². The minimum absolute atomic E-state index is 0.0588. The lowest BCUT2D eigenvalue weighted by molar-refractivity contribution is 0.159. The first-order valence-electron chi connectivity index (χ1n) is 5.26. The van der Waals surface area contributed by atoms with Crippen LogP contribution in [0.2, 0.25) is 0 Å². The van der Waals surface area contributed by atoms with E-state index in [1.165, 1.54) is 0 Å². The van der Waals surface area contributed by atoms with Crippen LogP contribution >= 0.6 is 0 Å². The molecule has 1 rings (SSSR count). The lowest BCUT2D eigenvalue weighted by Crippen LogP contribution is -2.50. The van der Waals surface area contributed by atoms with Gasteiger partial charge in [0.15, 0.2) is 0 Å². The summed E-state index contributed by atoms with van der Waals surface area (Å²) in [5.41, 5.74) is 0.206. The average Bonchev–Trinajstić information content (AvgIpc) is 2.16. The van der Waals surface area contributed by atoms with Gasteiger partial charge < -0.3 is 10.2 Å². The lowest BCUT2D eigenvalue weighted by atomic mass is 9.90. The standard InChI is InChI=1S/C9H21N3O2S/c1-9(11-2)3-5-12(6-4-9)7-8-15(10,13)14/h11H,3-8H2,1-2H3,(H2,10,13,14). The van der Waals surface area contributed by atoms with Crippen molar-refractivity contribution in [2.45, 2.75) is 25.3 Å². The van der Waals surface area contributed by atoms with Gasteiger partial charge in [-0.25, -0.2) is 13.6 Å². The van der Waals surface area contributed by atoms with E-state index < -0.39 is 10.0 Å². The Bertz CT molecular complexity index is 294. The van der Waals surface area contributed by atoms with Crippen molar-refractivity contribution in [1.82, 2.24) is 10.2 Å². The molecule has 0 radical (unpaired) electrons. The minimum atomic E-state index is -3.32. The summed E-state index contributed by atoms with van der Waals surface area (Å²) in [5.74, 6) is 0.0588. The van der Waals surface area contributed by atoms with E-state index in [2.05, 4.69) is 17.1 Å². The van der Waals surface area contributed by atoms with Crippen LogP contribution in [0, 0.1) is 0 Å². The number of sulfonamides is 1. The molecule has 0 unspecified atom stereocenters. The first-order valence-corrected chi connectivity index (χ1v) is 6.98. The van der Waals surface area contributed by atoms with Crippen molar-refractivity contribution in [3.63, 3.8) is 0 Å². The highest BCUT2D eigenvalue weighted by Gasteiger charge is 2.28. The molecule has 1 heterocycles. The quantitative estimate of drug-likeness (QED) is 0.679. The average molecular weight is 235 g/mol. The third kappa shape index (κ3) is 4.46. The Morgan fingerprint density at radius 2 is 1.93 bits per heavy atom. The van der Waals surface area contributed by atoms with Crippen LogP contribution < -0.4 is 10.5 Å². The number of hydrogen-bond donors (Lipinski definition) is 2. The second-order valence-electron chi connectivity index (χ2n) is 4.52. The maximum atomic E-state index is 10.8. The van der Waals surface area contributed by atoms with Crippen LogP contribution in [0.25, 0.3) is 0 Å². The van der Waals surface area contributed by atoms with Gasteiger partial charge in [0.05, 0.1) is 5.75 Å². The molecule has 0 aliphatic carbocycles. The molecule has 1 saturated heterocycles. The number of primary sulfonamides is 1. The molecule has 1 aliphatic rings. The predicted octanol–water partition coefficient (Wildman–Crippen LogP) is -0.651. The summed E-state index contributed by atoms with van der Waals surface area (Å²) in [6.07, 6.45) is 2.10. The highest BCUT2D eigenvalue weighted by molar-refractivity contribution is 7.89. The second kappa shape index (κ2) is 4.78. The van der Waals surface area contributed by atoms with Gasteiger partial charge in [-0.05, 0) is 39.9 Å². The molecule has 0 aromatic heterocycles. The van der Waals surface area contributed by atoms with Gasteiger partial charge in [-0.3, -0.25) is 0 Å². The first-order chi connectivity index (χ1) is 6.85. The van der Waals surface area contributed by atoms with Crippen molar-refractivity contribution in [2.75, 3.05) is 32.4 Å². The van der Waals surface area contributed by atoms with Crippen LogP contribution in [-0.2, 0) is 10.0 Å². The van der Waals surface area contributed by atoms with Crippen LogP contribution in [0.3, 0.4) is 0 Å². The third-order valence-electron chi connectivity index (χ3n) is 3.26. The van der Waals surface area contributed by atoms with Crippen molar-refractivity contribution in [1.29, 1.82) is 0 Å².